The third-order valence-electron chi connectivity index (χ3n) is 3.40. The van der Waals surface area contributed by atoms with Crippen molar-refractivity contribution in [3.63, 3.8) is 0 Å². The van der Waals surface area contributed by atoms with E-state index in [1.165, 1.54) is 25.7 Å². The smallest absolute Gasteiger partial charge is 0.0624 e. The zero-order chi connectivity index (χ0) is 9.80. The number of ether oxygens (including phenoxy) is 2. The van der Waals surface area contributed by atoms with Crippen LogP contribution in [0, 0.1) is 5.92 Å². The molecule has 82 valence electrons. The molecule has 2 rings (SSSR count). The predicted molar refractivity (Wildman–Crippen MR) is 55.1 cm³/mol. The summed E-state index contributed by atoms with van der Waals surface area (Å²) < 4.78 is 11.1. The van der Waals surface area contributed by atoms with E-state index in [4.69, 9.17) is 15.2 Å². The first-order valence-corrected chi connectivity index (χ1v) is 5.81. The second kappa shape index (κ2) is 5.10. The molecule has 2 atom stereocenters. The number of hydrogen-bond donors (Lipinski definition) is 1. The van der Waals surface area contributed by atoms with Crippen LogP contribution in [0.25, 0.3) is 0 Å². The highest BCUT2D eigenvalue weighted by Crippen LogP contribution is 2.22. The SMILES string of the molecule is NC(COC1CCCC1)C1CCOC1. The second-order valence-corrected chi connectivity index (χ2v) is 4.53. The lowest BCUT2D eigenvalue weighted by Gasteiger charge is -2.20. The third kappa shape index (κ3) is 2.69. The first-order chi connectivity index (χ1) is 6.86. The Bertz CT molecular complexity index is 163. The van der Waals surface area contributed by atoms with Crippen molar-refractivity contribution >= 4 is 0 Å². The number of nitrogens with two attached hydrogens (primary N) is 1. The molecule has 0 aromatic carbocycles. The molecule has 3 heteroatoms. The van der Waals surface area contributed by atoms with Crippen molar-refractivity contribution in [1.29, 1.82) is 0 Å². The minimum Gasteiger partial charge on any atom is -0.381 e. The van der Waals surface area contributed by atoms with Gasteiger partial charge >= 0.3 is 0 Å². The van der Waals surface area contributed by atoms with Gasteiger partial charge < -0.3 is 15.2 Å². The summed E-state index contributed by atoms with van der Waals surface area (Å²) in [5.41, 5.74) is 6.05. The van der Waals surface area contributed by atoms with Crippen molar-refractivity contribution in [2.75, 3.05) is 19.8 Å². The molecular weight excluding hydrogens is 178 g/mol. The molecule has 1 aliphatic heterocycles. The van der Waals surface area contributed by atoms with Gasteiger partial charge in [0.25, 0.3) is 0 Å². The number of rotatable bonds is 4. The molecular formula is C11H21NO2. The summed E-state index contributed by atoms with van der Waals surface area (Å²) in [6, 6.07) is 0.179. The van der Waals surface area contributed by atoms with E-state index < -0.39 is 0 Å². The lowest BCUT2D eigenvalue weighted by atomic mass is 10.0. The van der Waals surface area contributed by atoms with Crippen molar-refractivity contribution < 1.29 is 9.47 Å². The van der Waals surface area contributed by atoms with Crippen molar-refractivity contribution in [2.24, 2.45) is 11.7 Å². The molecule has 0 aromatic rings. The van der Waals surface area contributed by atoms with Gasteiger partial charge in [-0.05, 0) is 19.3 Å². The van der Waals surface area contributed by atoms with Crippen molar-refractivity contribution in [3.05, 3.63) is 0 Å². The maximum absolute atomic E-state index is 6.05. The molecule has 0 aromatic heterocycles. The Kier molecular flexibility index (Phi) is 3.79. The van der Waals surface area contributed by atoms with E-state index in [9.17, 15) is 0 Å². The molecule has 14 heavy (non-hydrogen) atoms. The standard InChI is InChI=1S/C11H21NO2/c12-11(9-5-6-13-7-9)8-14-10-3-1-2-4-10/h9-11H,1-8,12H2. The molecule has 0 spiro atoms. The first-order valence-electron chi connectivity index (χ1n) is 5.81. The summed E-state index contributed by atoms with van der Waals surface area (Å²) in [5, 5.41) is 0. The van der Waals surface area contributed by atoms with Crippen LogP contribution in [0.5, 0.6) is 0 Å². The van der Waals surface area contributed by atoms with Crippen LogP contribution in [0.3, 0.4) is 0 Å². The highest BCUT2D eigenvalue weighted by atomic mass is 16.5. The molecule has 1 aliphatic carbocycles. The van der Waals surface area contributed by atoms with Crippen LogP contribution in [0.1, 0.15) is 32.1 Å². The zero-order valence-electron chi connectivity index (χ0n) is 8.78. The fraction of sp³-hybridized carbons (Fsp3) is 1.00. The van der Waals surface area contributed by atoms with Gasteiger partial charge in [-0.1, -0.05) is 12.8 Å². The zero-order valence-corrected chi connectivity index (χ0v) is 8.78. The molecule has 2 aliphatic rings. The molecule has 2 fully saturated rings. The third-order valence-corrected chi connectivity index (χ3v) is 3.40. The maximum atomic E-state index is 6.05. The summed E-state index contributed by atoms with van der Waals surface area (Å²) in [4.78, 5) is 0. The van der Waals surface area contributed by atoms with Crippen LogP contribution in [0.15, 0.2) is 0 Å². The Morgan fingerprint density at radius 3 is 2.71 bits per heavy atom. The Labute approximate surface area is 85.9 Å². The van der Waals surface area contributed by atoms with Gasteiger partial charge in [-0.3, -0.25) is 0 Å². The predicted octanol–water partition coefficient (Wildman–Crippen LogP) is 1.31. The van der Waals surface area contributed by atoms with E-state index in [1.807, 2.05) is 0 Å². The fourth-order valence-corrected chi connectivity index (χ4v) is 2.33. The van der Waals surface area contributed by atoms with E-state index >= 15 is 0 Å². The van der Waals surface area contributed by atoms with Crippen LogP contribution in [-0.4, -0.2) is 32.0 Å². The molecule has 0 amide bonds. The molecule has 1 heterocycles. The largest absolute Gasteiger partial charge is 0.381 e. The van der Waals surface area contributed by atoms with Crippen LogP contribution < -0.4 is 5.73 Å². The Morgan fingerprint density at radius 2 is 2.07 bits per heavy atom. The summed E-state index contributed by atoms with van der Waals surface area (Å²) in [6.45, 7) is 2.43. The van der Waals surface area contributed by atoms with E-state index in [0.717, 1.165) is 26.2 Å². The lowest BCUT2D eigenvalue weighted by Crippen LogP contribution is -2.36. The van der Waals surface area contributed by atoms with E-state index in [1.54, 1.807) is 0 Å². The number of hydrogen-bond acceptors (Lipinski definition) is 3. The van der Waals surface area contributed by atoms with E-state index in [0.29, 0.717) is 12.0 Å². The quantitative estimate of drug-likeness (QED) is 0.742. The minimum atomic E-state index is 0.179. The first kappa shape index (κ1) is 10.4. The summed E-state index contributed by atoms with van der Waals surface area (Å²) in [5.74, 6) is 0.524. The molecule has 3 nitrogen and oxygen atoms in total. The van der Waals surface area contributed by atoms with Crippen molar-refractivity contribution in [2.45, 2.75) is 44.2 Å². The summed E-state index contributed by atoms with van der Waals surface area (Å²) >= 11 is 0. The Morgan fingerprint density at radius 1 is 1.29 bits per heavy atom. The van der Waals surface area contributed by atoms with Crippen LogP contribution in [0.4, 0.5) is 0 Å². The fourth-order valence-electron chi connectivity index (χ4n) is 2.33. The van der Waals surface area contributed by atoms with Gasteiger partial charge in [0, 0.05) is 18.6 Å². The molecule has 2 unspecified atom stereocenters. The van der Waals surface area contributed by atoms with Crippen LogP contribution in [-0.2, 0) is 9.47 Å². The topological polar surface area (TPSA) is 44.5 Å². The maximum Gasteiger partial charge on any atom is 0.0624 e. The van der Waals surface area contributed by atoms with Crippen LogP contribution >= 0.6 is 0 Å². The monoisotopic (exact) mass is 199 g/mol. The second-order valence-electron chi connectivity index (χ2n) is 4.53. The lowest BCUT2D eigenvalue weighted by molar-refractivity contribution is 0.0378. The van der Waals surface area contributed by atoms with Gasteiger partial charge in [-0.2, -0.15) is 0 Å². The van der Waals surface area contributed by atoms with E-state index in [2.05, 4.69) is 0 Å². The van der Waals surface area contributed by atoms with Crippen molar-refractivity contribution in [3.8, 4) is 0 Å². The highest BCUT2D eigenvalue weighted by Gasteiger charge is 2.24. The van der Waals surface area contributed by atoms with Gasteiger partial charge in [0.2, 0.25) is 0 Å². The summed E-state index contributed by atoms with van der Waals surface area (Å²) in [7, 11) is 0. The molecule has 0 radical (unpaired) electrons. The molecule has 2 N–H and O–H groups in total. The molecule has 0 bridgehead atoms. The average molecular weight is 199 g/mol. The normalized spacial score (nSPS) is 31.1. The molecule has 1 saturated carbocycles. The summed E-state index contributed by atoms with van der Waals surface area (Å²) in [6.07, 6.45) is 6.71. The minimum absolute atomic E-state index is 0.179. The van der Waals surface area contributed by atoms with Crippen molar-refractivity contribution in [1.82, 2.24) is 0 Å². The Hall–Kier alpha value is -0.120. The Balaban J connectivity index is 1.63. The van der Waals surface area contributed by atoms with E-state index in [-0.39, 0.29) is 6.04 Å². The van der Waals surface area contributed by atoms with Gasteiger partial charge in [0.1, 0.15) is 0 Å². The van der Waals surface area contributed by atoms with Gasteiger partial charge in [-0.25, -0.2) is 0 Å². The van der Waals surface area contributed by atoms with Crippen LogP contribution in [0.2, 0.25) is 0 Å². The van der Waals surface area contributed by atoms with Gasteiger partial charge in [0.15, 0.2) is 0 Å². The van der Waals surface area contributed by atoms with Gasteiger partial charge in [0.05, 0.1) is 19.3 Å². The molecule has 1 saturated heterocycles. The van der Waals surface area contributed by atoms with Gasteiger partial charge in [-0.15, -0.1) is 0 Å². The average Bonchev–Trinajstić information content (AvgIpc) is 2.87. The highest BCUT2D eigenvalue weighted by molar-refractivity contribution is 4.77.